The minimum Gasteiger partial charge on any atom is -0.374 e. The van der Waals surface area contributed by atoms with Gasteiger partial charge in [0.25, 0.3) is 0 Å². The van der Waals surface area contributed by atoms with Crippen LogP contribution in [0.2, 0.25) is 0 Å². The van der Waals surface area contributed by atoms with Gasteiger partial charge in [0, 0.05) is 24.6 Å². The van der Waals surface area contributed by atoms with E-state index in [0.717, 1.165) is 5.69 Å². The van der Waals surface area contributed by atoms with Crippen molar-refractivity contribution < 1.29 is 4.79 Å². The average Bonchev–Trinajstić information content (AvgIpc) is 2.27. The minimum atomic E-state index is -0.235. The maximum atomic E-state index is 11.7. The third-order valence-corrected chi connectivity index (χ3v) is 2.14. The van der Waals surface area contributed by atoms with E-state index < -0.39 is 0 Å². The Kier molecular flexibility index (Phi) is 4.76. The lowest BCUT2D eigenvalue weighted by Gasteiger charge is -2.15. The molecule has 0 saturated heterocycles. The lowest BCUT2D eigenvalue weighted by Crippen LogP contribution is -2.39. The summed E-state index contributed by atoms with van der Waals surface area (Å²) in [7, 11) is 0. The number of pyridine rings is 1. The molecule has 88 valence electrons. The molecule has 1 unspecified atom stereocenters. The van der Waals surface area contributed by atoms with E-state index in [2.05, 4.69) is 29.5 Å². The Bertz CT molecular complexity index is 324. The predicted molar refractivity (Wildman–Crippen MR) is 65.2 cm³/mol. The number of carbonyl (C=O) groups is 1. The Morgan fingerprint density at radius 1 is 1.31 bits per heavy atom. The van der Waals surface area contributed by atoms with Crippen LogP contribution in [0.1, 0.15) is 20.8 Å². The van der Waals surface area contributed by atoms with E-state index in [1.165, 1.54) is 0 Å². The van der Waals surface area contributed by atoms with Crippen molar-refractivity contribution in [1.29, 1.82) is 0 Å². The van der Waals surface area contributed by atoms with E-state index in [1.54, 1.807) is 12.4 Å². The number of anilines is 1. The van der Waals surface area contributed by atoms with Crippen molar-refractivity contribution in [2.24, 2.45) is 5.92 Å². The van der Waals surface area contributed by atoms with Crippen molar-refractivity contribution in [1.82, 2.24) is 10.3 Å². The summed E-state index contributed by atoms with van der Waals surface area (Å²) in [6, 6.07) is 3.44. The normalized spacial score (nSPS) is 12.2. The number of hydrogen-bond acceptors (Lipinski definition) is 3. The van der Waals surface area contributed by atoms with Crippen LogP contribution in [0.25, 0.3) is 0 Å². The van der Waals surface area contributed by atoms with Gasteiger partial charge in [-0.15, -0.1) is 0 Å². The highest BCUT2D eigenvalue weighted by Gasteiger charge is 2.11. The molecule has 0 fully saturated rings. The first kappa shape index (κ1) is 12.5. The van der Waals surface area contributed by atoms with Gasteiger partial charge in [-0.3, -0.25) is 9.78 Å². The van der Waals surface area contributed by atoms with Gasteiger partial charge in [-0.1, -0.05) is 13.8 Å². The van der Waals surface area contributed by atoms with Gasteiger partial charge in [-0.2, -0.15) is 0 Å². The van der Waals surface area contributed by atoms with E-state index in [1.807, 2.05) is 19.1 Å². The van der Waals surface area contributed by atoms with Crippen LogP contribution < -0.4 is 10.6 Å². The van der Waals surface area contributed by atoms with Crippen LogP contribution in [0.15, 0.2) is 24.5 Å². The highest BCUT2D eigenvalue weighted by atomic mass is 16.2. The molecule has 1 amide bonds. The molecule has 0 aliphatic carbocycles. The molecule has 2 N–H and O–H groups in total. The number of amides is 1. The second kappa shape index (κ2) is 6.10. The molecule has 4 heteroatoms. The summed E-state index contributed by atoms with van der Waals surface area (Å²) in [6.45, 7) is 6.69. The third-order valence-electron chi connectivity index (χ3n) is 2.14. The van der Waals surface area contributed by atoms with Gasteiger partial charge in [0.05, 0.1) is 0 Å². The molecule has 1 atom stereocenters. The monoisotopic (exact) mass is 221 g/mol. The Hall–Kier alpha value is -1.58. The largest absolute Gasteiger partial charge is 0.374 e. The summed E-state index contributed by atoms with van der Waals surface area (Å²) >= 11 is 0. The zero-order valence-corrected chi connectivity index (χ0v) is 10.0. The minimum absolute atomic E-state index is 0.0190. The van der Waals surface area contributed by atoms with Gasteiger partial charge in [0.2, 0.25) is 5.91 Å². The van der Waals surface area contributed by atoms with Crippen molar-refractivity contribution in [3.8, 4) is 0 Å². The molecule has 0 aliphatic heterocycles. The van der Waals surface area contributed by atoms with Crippen LogP contribution in [0.4, 0.5) is 5.69 Å². The predicted octanol–water partition coefficient (Wildman–Crippen LogP) is 1.65. The van der Waals surface area contributed by atoms with Crippen molar-refractivity contribution in [3.05, 3.63) is 24.5 Å². The number of nitrogens with one attached hydrogen (secondary N) is 2. The van der Waals surface area contributed by atoms with Crippen LogP contribution in [0.5, 0.6) is 0 Å². The highest BCUT2D eigenvalue weighted by Crippen LogP contribution is 2.05. The van der Waals surface area contributed by atoms with E-state index in [-0.39, 0.29) is 11.9 Å². The Morgan fingerprint density at radius 2 is 1.94 bits per heavy atom. The molecule has 0 bridgehead atoms. The van der Waals surface area contributed by atoms with Crippen LogP contribution >= 0.6 is 0 Å². The maximum Gasteiger partial charge on any atom is 0.242 e. The lowest BCUT2D eigenvalue weighted by atomic mass is 10.2. The van der Waals surface area contributed by atoms with E-state index in [9.17, 15) is 4.79 Å². The van der Waals surface area contributed by atoms with Crippen molar-refractivity contribution in [3.63, 3.8) is 0 Å². The van der Waals surface area contributed by atoms with Gasteiger partial charge in [0.15, 0.2) is 0 Å². The molecule has 0 aliphatic rings. The molecule has 0 aromatic carbocycles. The first-order chi connectivity index (χ1) is 7.59. The number of rotatable bonds is 5. The summed E-state index contributed by atoms with van der Waals surface area (Å²) in [6.07, 6.45) is 3.39. The summed E-state index contributed by atoms with van der Waals surface area (Å²) in [5, 5.41) is 6.00. The molecule has 16 heavy (non-hydrogen) atoms. The Balaban J connectivity index is 2.40. The standard InChI is InChI=1S/C12H19N3O/c1-9(2)8-14-12(16)10(3)15-11-4-6-13-7-5-11/h4-7,9-10H,8H2,1-3H3,(H,13,15)(H,14,16). The molecule has 0 spiro atoms. The zero-order chi connectivity index (χ0) is 12.0. The van der Waals surface area contributed by atoms with Crippen molar-refractivity contribution in [2.45, 2.75) is 26.8 Å². The van der Waals surface area contributed by atoms with E-state index >= 15 is 0 Å². The van der Waals surface area contributed by atoms with Crippen LogP contribution in [-0.4, -0.2) is 23.5 Å². The maximum absolute atomic E-state index is 11.7. The Labute approximate surface area is 96.5 Å². The summed E-state index contributed by atoms with van der Waals surface area (Å²) < 4.78 is 0. The lowest BCUT2D eigenvalue weighted by molar-refractivity contribution is -0.121. The van der Waals surface area contributed by atoms with Gasteiger partial charge in [-0.25, -0.2) is 0 Å². The number of carbonyl (C=O) groups excluding carboxylic acids is 1. The number of hydrogen-bond donors (Lipinski definition) is 2. The van der Waals surface area contributed by atoms with Gasteiger partial charge in [0.1, 0.15) is 6.04 Å². The van der Waals surface area contributed by atoms with Crippen molar-refractivity contribution >= 4 is 11.6 Å². The quantitative estimate of drug-likeness (QED) is 0.795. The average molecular weight is 221 g/mol. The smallest absolute Gasteiger partial charge is 0.242 e. The second-order valence-corrected chi connectivity index (χ2v) is 4.24. The fraction of sp³-hybridized carbons (Fsp3) is 0.500. The number of aromatic nitrogens is 1. The first-order valence-corrected chi connectivity index (χ1v) is 5.54. The molecular formula is C12H19N3O. The van der Waals surface area contributed by atoms with Gasteiger partial charge < -0.3 is 10.6 Å². The van der Waals surface area contributed by atoms with E-state index in [0.29, 0.717) is 12.5 Å². The fourth-order valence-electron chi connectivity index (χ4n) is 1.22. The first-order valence-electron chi connectivity index (χ1n) is 5.54. The second-order valence-electron chi connectivity index (χ2n) is 4.24. The fourth-order valence-corrected chi connectivity index (χ4v) is 1.22. The number of nitrogens with zero attached hydrogens (tertiary/aromatic N) is 1. The highest BCUT2D eigenvalue weighted by molar-refractivity contribution is 5.84. The summed E-state index contributed by atoms with van der Waals surface area (Å²) in [5.41, 5.74) is 0.905. The van der Waals surface area contributed by atoms with Crippen LogP contribution in [0.3, 0.4) is 0 Å². The topological polar surface area (TPSA) is 54.0 Å². The molecule has 4 nitrogen and oxygen atoms in total. The third kappa shape index (κ3) is 4.29. The Morgan fingerprint density at radius 3 is 2.50 bits per heavy atom. The molecular weight excluding hydrogens is 202 g/mol. The van der Waals surface area contributed by atoms with Crippen LogP contribution in [-0.2, 0) is 4.79 Å². The molecule has 1 aromatic heterocycles. The van der Waals surface area contributed by atoms with Gasteiger partial charge in [-0.05, 0) is 25.0 Å². The molecule has 1 heterocycles. The molecule has 1 aromatic rings. The SMILES string of the molecule is CC(C)CNC(=O)C(C)Nc1ccncc1. The zero-order valence-electron chi connectivity index (χ0n) is 10.0. The van der Waals surface area contributed by atoms with Crippen LogP contribution in [0, 0.1) is 5.92 Å². The summed E-state index contributed by atoms with van der Waals surface area (Å²) in [4.78, 5) is 15.6. The van der Waals surface area contributed by atoms with Gasteiger partial charge >= 0.3 is 0 Å². The van der Waals surface area contributed by atoms with Crippen molar-refractivity contribution in [2.75, 3.05) is 11.9 Å². The van der Waals surface area contributed by atoms with E-state index in [4.69, 9.17) is 0 Å². The summed E-state index contributed by atoms with van der Waals surface area (Å²) in [5.74, 6) is 0.489. The molecule has 0 saturated carbocycles. The molecule has 1 rings (SSSR count). The molecule has 0 radical (unpaired) electrons.